The lowest BCUT2D eigenvalue weighted by atomic mass is 10.1. The molecule has 2 unspecified atom stereocenters. The van der Waals surface area contributed by atoms with Crippen LogP contribution < -0.4 is 10.1 Å². The van der Waals surface area contributed by atoms with Crippen LogP contribution in [0.3, 0.4) is 0 Å². The quantitative estimate of drug-likeness (QED) is 0.784. The summed E-state index contributed by atoms with van der Waals surface area (Å²) in [5.74, 6) is 2.01. The molecule has 4 heteroatoms. The van der Waals surface area contributed by atoms with Gasteiger partial charge >= 0.3 is 0 Å². The third-order valence-electron chi connectivity index (χ3n) is 3.27. The van der Waals surface area contributed by atoms with Gasteiger partial charge in [0.1, 0.15) is 5.75 Å². The first-order valence-corrected chi connectivity index (χ1v) is 8.14. The molecular formula is C15H24ClNOS. The minimum Gasteiger partial charge on any atom is -0.496 e. The summed E-state index contributed by atoms with van der Waals surface area (Å²) in [4.78, 5) is 0. The first-order chi connectivity index (χ1) is 9.10. The Kier molecular flexibility index (Phi) is 7.66. The van der Waals surface area contributed by atoms with E-state index in [9.17, 15) is 0 Å². The van der Waals surface area contributed by atoms with E-state index in [1.807, 2.05) is 37.0 Å². The van der Waals surface area contributed by atoms with Crippen LogP contribution in [0.25, 0.3) is 0 Å². The Bertz CT molecular complexity index is 386. The molecule has 0 radical (unpaired) electrons. The number of ether oxygens (including phenoxy) is 1. The summed E-state index contributed by atoms with van der Waals surface area (Å²) in [5.41, 5.74) is 1.17. The predicted molar refractivity (Wildman–Crippen MR) is 86.8 cm³/mol. The number of likely N-dealkylation sites (N-methyl/N-ethyl adjacent to an activating group) is 1. The van der Waals surface area contributed by atoms with Gasteiger partial charge in [0, 0.05) is 22.1 Å². The number of hydrogen-bond acceptors (Lipinski definition) is 3. The van der Waals surface area contributed by atoms with Crippen LogP contribution in [0.4, 0.5) is 0 Å². The van der Waals surface area contributed by atoms with E-state index < -0.39 is 0 Å². The monoisotopic (exact) mass is 301 g/mol. The maximum Gasteiger partial charge on any atom is 0.122 e. The standard InChI is InChI=1S/C15H24ClNOS/c1-5-11(2)19-10-14(17-3)9-12-8-13(16)6-7-15(12)18-4/h6-8,11,14,17H,5,9-10H2,1-4H3. The Morgan fingerprint density at radius 3 is 2.74 bits per heavy atom. The molecule has 19 heavy (non-hydrogen) atoms. The number of halogens is 1. The van der Waals surface area contributed by atoms with Gasteiger partial charge in [0.15, 0.2) is 0 Å². The molecule has 1 rings (SSSR count). The molecule has 1 aromatic rings. The van der Waals surface area contributed by atoms with Crippen molar-refractivity contribution in [3.05, 3.63) is 28.8 Å². The zero-order valence-corrected chi connectivity index (χ0v) is 13.8. The van der Waals surface area contributed by atoms with Crippen molar-refractivity contribution < 1.29 is 4.74 Å². The van der Waals surface area contributed by atoms with Crippen LogP contribution in [0.1, 0.15) is 25.8 Å². The maximum atomic E-state index is 6.07. The number of hydrogen-bond donors (Lipinski definition) is 1. The molecule has 0 bridgehead atoms. The van der Waals surface area contributed by atoms with Gasteiger partial charge in [-0.3, -0.25) is 0 Å². The molecule has 0 saturated carbocycles. The fourth-order valence-corrected chi connectivity index (χ4v) is 3.09. The van der Waals surface area contributed by atoms with E-state index in [-0.39, 0.29) is 0 Å². The Balaban J connectivity index is 2.66. The molecule has 0 fully saturated rings. The van der Waals surface area contributed by atoms with Crippen LogP contribution in [0.15, 0.2) is 18.2 Å². The summed E-state index contributed by atoms with van der Waals surface area (Å²) >= 11 is 8.08. The highest BCUT2D eigenvalue weighted by Crippen LogP contribution is 2.25. The molecule has 1 N–H and O–H groups in total. The van der Waals surface area contributed by atoms with Crippen molar-refractivity contribution in [2.45, 2.75) is 38.0 Å². The molecule has 0 aliphatic carbocycles. The number of thioether (sulfide) groups is 1. The van der Waals surface area contributed by atoms with Crippen molar-refractivity contribution in [3.8, 4) is 5.75 Å². The zero-order valence-electron chi connectivity index (χ0n) is 12.2. The van der Waals surface area contributed by atoms with Crippen molar-refractivity contribution in [3.63, 3.8) is 0 Å². The molecule has 108 valence electrons. The Morgan fingerprint density at radius 1 is 1.42 bits per heavy atom. The average molecular weight is 302 g/mol. The summed E-state index contributed by atoms with van der Waals surface area (Å²) in [6.45, 7) is 4.50. The van der Waals surface area contributed by atoms with Crippen molar-refractivity contribution in [2.24, 2.45) is 0 Å². The van der Waals surface area contributed by atoms with E-state index in [2.05, 4.69) is 19.2 Å². The fourth-order valence-electron chi connectivity index (χ4n) is 1.81. The van der Waals surface area contributed by atoms with E-state index >= 15 is 0 Å². The average Bonchev–Trinajstić information content (AvgIpc) is 2.43. The highest BCUT2D eigenvalue weighted by atomic mass is 35.5. The zero-order chi connectivity index (χ0) is 14.3. The van der Waals surface area contributed by atoms with E-state index in [4.69, 9.17) is 16.3 Å². The predicted octanol–water partition coefficient (Wildman–Crippen LogP) is 4.01. The third kappa shape index (κ3) is 5.64. The van der Waals surface area contributed by atoms with Crippen molar-refractivity contribution in [2.75, 3.05) is 19.9 Å². The van der Waals surface area contributed by atoms with E-state index in [0.29, 0.717) is 11.3 Å². The van der Waals surface area contributed by atoms with Gasteiger partial charge in [-0.1, -0.05) is 25.4 Å². The minimum absolute atomic E-state index is 0.436. The van der Waals surface area contributed by atoms with E-state index in [0.717, 1.165) is 22.9 Å². The normalized spacial score (nSPS) is 14.2. The summed E-state index contributed by atoms with van der Waals surface area (Å²) in [6.07, 6.45) is 2.14. The SMILES string of the molecule is CCC(C)SCC(Cc1cc(Cl)ccc1OC)NC. The smallest absolute Gasteiger partial charge is 0.122 e. The number of rotatable bonds is 8. The number of methoxy groups -OCH3 is 1. The van der Waals surface area contributed by atoms with E-state index in [1.165, 1.54) is 12.0 Å². The molecule has 1 aromatic carbocycles. The van der Waals surface area contributed by atoms with Gasteiger partial charge in [-0.15, -0.1) is 0 Å². The van der Waals surface area contributed by atoms with Gasteiger partial charge in [-0.25, -0.2) is 0 Å². The highest BCUT2D eigenvalue weighted by Gasteiger charge is 2.13. The lowest BCUT2D eigenvalue weighted by Gasteiger charge is -2.19. The van der Waals surface area contributed by atoms with Crippen molar-refractivity contribution >= 4 is 23.4 Å². The lowest BCUT2D eigenvalue weighted by molar-refractivity contribution is 0.407. The summed E-state index contributed by atoms with van der Waals surface area (Å²) < 4.78 is 5.40. The molecule has 0 saturated heterocycles. The fraction of sp³-hybridized carbons (Fsp3) is 0.600. The van der Waals surface area contributed by atoms with Crippen LogP contribution in [-0.4, -0.2) is 31.2 Å². The van der Waals surface area contributed by atoms with Gasteiger partial charge in [0.2, 0.25) is 0 Å². The molecule has 2 atom stereocenters. The van der Waals surface area contributed by atoms with Crippen LogP contribution in [0.5, 0.6) is 5.75 Å². The maximum absolute atomic E-state index is 6.07. The molecule has 0 spiro atoms. The number of nitrogens with one attached hydrogen (secondary N) is 1. The van der Waals surface area contributed by atoms with Gasteiger partial charge < -0.3 is 10.1 Å². The molecule has 2 nitrogen and oxygen atoms in total. The van der Waals surface area contributed by atoms with Gasteiger partial charge in [-0.05, 0) is 43.7 Å². The van der Waals surface area contributed by atoms with Crippen LogP contribution >= 0.6 is 23.4 Å². The van der Waals surface area contributed by atoms with Crippen molar-refractivity contribution in [1.82, 2.24) is 5.32 Å². The number of benzene rings is 1. The van der Waals surface area contributed by atoms with Crippen LogP contribution in [-0.2, 0) is 6.42 Å². The largest absolute Gasteiger partial charge is 0.496 e. The summed E-state index contributed by atoms with van der Waals surface area (Å²) in [6, 6.07) is 6.24. The molecular weight excluding hydrogens is 278 g/mol. The van der Waals surface area contributed by atoms with Gasteiger partial charge in [-0.2, -0.15) is 11.8 Å². The van der Waals surface area contributed by atoms with Crippen LogP contribution in [0, 0.1) is 0 Å². The molecule has 0 aliphatic rings. The molecule has 0 amide bonds. The summed E-state index contributed by atoms with van der Waals surface area (Å²) in [7, 11) is 3.72. The first kappa shape index (κ1) is 16.7. The second-order valence-electron chi connectivity index (χ2n) is 4.70. The second kappa shape index (κ2) is 8.72. The second-order valence-corrected chi connectivity index (χ2v) is 6.61. The van der Waals surface area contributed by atoms with Crippen molar-refractivity contribution in [1.29, 1.82) is 0 Å². The van der Waals surface area contributed by atoms with E-state index in [1.54, 1.807) is 7.11 Å². The molecule has 0 heterocycles. The molecule has 0 aliphatic heterocycles. The first-order valence-electron chi connectivity index (χ1n) is 6.72. The third-order valence-corrected chi connectivity index (χ3v) is 5.01. The molecule has 0 aromatic heterocycles. The topological polar surface area (TPSA) is 21.3 Å². The lowest BCUT2D eigenvalue weighted by Crippen LogP contribution is -2.30. The van der Waals surface area contributed by atoms with Crippen LogP contribution in [0.2, 0.25) is 5.02 Å². The van der Waals surface area contributed by atoms with Gasteiger partial charge in [0.25, 0.3) is 0 Å². The summed E-state index contributed by atoms with van der Waals surface area (Å²) in [5, 5.41) is 4.85. The Morgan fingerprint density at radius 2 is 2.16 bits per heavy atom. The van der Waals surface area contributed by atoms with Gasteiger partial charge in [0.05, 0.1) is 7.11 Å². The Labute approximate surface area is 126 Å². The highest BCUT2D eigenvalue weighted by molar-refractivity contribution is 7.99. The Hall–Kier alpha value is -0.380. The minimum atomic E-state index is 0.436.